The number of carbonyl (C=O) groups is 2. The van der Waals surface area contributed by atoms with Crippen molar-refractivity contribution in [3.05, 3.63) is 59.2 Å². The molecule has 0 radical (unpaired) electrons. The highest BCUT2D eigenvalue weighted by Gasteiger charge is 2.22. The molecule has 3 aromatic rings. The number of anilines is 2. The standard InChI is InChI=1S/C21H22N6O2S2/c1-15-5-7-16(8-6-15)23-19(29)20-24-25-21(31-20)30-14-18(28)27-12-10-26(11-13-27)17-4-2-3-9-22-17/h2-9H,10-14H2,1H3,(H,23,29). The third-order valence-electron chi connectivity index (χ3n) is 4.83. The molecule has 0 spiro atoms. The minimum atomic E-state index is -0.301. The smallest absolute Gasteiger partial charge is 0.286 e. The number of amides is 2. The first-order chi connectivity index (χ1) is 15.1. The molecule has 8 nitrogen and oxygen atoms in total. The second-order valence-corrected chi connectivity index (χ2v) is 9.24. The van der Waals surface area contributed by atoms with Crippen LogP contribution in [0.3, 0.4) is 0 Å². The highest BCUT2D eigenvalue weighted by Crippen LogP contribution is 2.24. The highest BCUT2D eigenvalue weighted by molar-refractivity contribution is 8.01. The van der Waals surface area contributed by atoms with E-state index in [1.165, 1.54) is 23.1 Å². The molecule has 1 N–H and O–H groups in total. The largest absolute Gasteiger partial charge is 0.353 e. The van der Waals surface area contributed by atoms with Gasteiger partial charge in [0.15, 0.2) is 4.34 Å². The van der Waals surface area contributed by atoms with Crippen LogP contribution >= 0.6 is 23.1 Å². The molecular formula is C21H22N6O2S2. The lowest BCUT2D eigenvalue weighted by molar-refractivity contribution is -0.128. The predicted molar refractivity (Wildman–Crippen MR) is 123 cm³/mol. The number of aryl methyl sites for hydroxylation is 1. The van der Waals surface area contributed by atoms with E-state index < -0.39 is 0 Å². The van der Waals surface area contributed by atoms with E-state index in [1.54, 1.807) is 6.20 Å². The topological polar surface area (TPSA) is 91.3 Å². The van der Waals surface area contributed by atoms with Crippen molar-refractivity contribution in [2.75, 3.05) is 42.1 Å². The van der Waals surface area contributed by atoms with Gasteiger partial charge in [-0.25, -0.2) is 4.98 Å². The van der Waals surface area contributed by atoms with Gasteiger partial charge in [-0.15, -0.1) is 10.2 Å². The number of nitrogens with zero attached hydrogens (tertiary/aromatic N) is 5. The fraction of sp³-hybridized carbons (Fsp3) is 0.286. The lowest BCUT2D eigenvalue weighted by atomic mass is 10.2. The Morgan fingerprint density at radius 2 is 1.84 bits per heavy atom. The van der Waals surface area contributed by atoms with Crippen molar-refractivity contribution in [3.8, 4) is 0 Å². The van der Waals surface area contributed by atoms with Crippen LogP contribution in [0.15, 0.2) is 53.0 Å². The van der Waals surface area contributed by atoms with E-state index in [2.05, 4.69) is 25.4 Å². The minimum absolute atomic E-state index is 0.0616. The van der Waals surface area contributed by atoms with Gasteiger partial charge >= 0.3 is 0 Å². The number of nitrogens with one attached hydrogen (secondary N) is 1. The van der Waals surface area contributed by atoms with Crippen LogP contribution in [-0.2, 0) is 4.79 Å². The summed E-state index contributed by atoms with van der Waals surface area (Å²) in [6.45, 7) is 4.83. The SMILES string of the molecule is Cc1ccc(NC(=O)c2nnc(SCC(=O)N3CCN(c4ccccn4)CC3)s2)cc1. The molecule has 4 rings (SSSR count). The van der Waals surface area contributed by atoms with Crippen LogP contribution < -0.4 is 10.2 Å². The first kappa shape index (κ1) is 21.3. The van der Waals surface area contributed by atoms with Crippen molar-refractivity contribution in [2.24, 2.45) is 0 Å². The molecule has 1 fully saturated rings. The van der Waals surface area contributed by atoms with Crippen LogP contribution in [0, 0.1) is 6.92 Å². The van der Waals surface area contributed by atoms with Crippen LogP contribution in [0.4, 0.5) is 11.5 Å². The Hall–Kier alpha value is -2.98. The summed E-state index contributed by atoms with van der Waals surface area (Å²) in [6.07, 6.45) is 1.78. The van der Waals surface area contributed by atoms with Crippen LogP contribution in [0.25, 0.3) is 0 Å². The number of pyridine rings is 1. The van der Waals surface area contributed by atoms with Gasteiger partial charge in [0.25, 0.3) is 5.91 Å². The first-order valence-corrected chi connectivity index (χ1v) is 11.7. The summed E-state index contributed by atoms with van der Waals surface area (Å²) in [6, 6.07) is 13.4. The zero-order chi connectivity index (χ0) is 21.6. The average Bonchev–Trinajstić information content (AvgIpc) is 3.29. The number of benzene rings is 1. The molecule has 160 valence electrons. The van der Waals surface area contributed by atoms with Gasteiger partial charge in [0.2, 0.25) is 10.9 Å². The summed E-state index contributed by atoms with van der Waals surface area (Å²) in [4.78, 5) is 33.3. The van der Waals surface area contributed by atoms with Crippen LogP contribution in [0.1, 0.15) is 15.4 Å². The summed E-state index contributed by atoms with van der Waals surface area (Å²) in [7, 11) is 0. The van der Waals surface area contributed by atoms with Gasteiger partial charge in [-0.1, -0.05) is 46.9 Å². The van der Waals surface area contributed by atoms with E-state index in [4.69, 9.17) is 0 Å². The van der Waals surface area contributed by atoms with Gasteiger partial charge in [0, 0.05) is 38.1 Å². The van der Waals surface area contributed by atoms with Gasteiger partial charge in [0.05, 0.1) is 5.75 Å². The van der Waals surface area contributed by atoms with Gasteiger partial charge in [-0.05, 0) is 31.2 Å². The van der Waals surface area contributed by atoms with Gasteiger partial charge in [-0.2, -0.15) is 0 Å². The number of carbonyl (C=O) groups excluding carboxylic acids is 2. The van der Waals surface area contributed by atoms with E-state index in [0.29, 0.717) is 23.1 Å². The van der Waals surface area contributed by atoms with E-state index in [-0.39, 0.29) is 22.6 Å². The maximum atomic E-state index is 12.6. The lowest BCUT2D eigenvalue weighted by Gasteiger charge is -2.35. The molecular weight excluding hydrogens is 432 g/mol. The number of thioether (sulfide) groups is 1. The number of hydrogen-bond donors (Lipinski definition) is 1. The number of rotatable bonds is 6. The summed E-state index contributed by atoms with van der Waals surface area (Å²) in [5.74, 6) is 0.976. The molecule has 31 heavy (non-hydrogen) atoms. The third kappa shape index (κ3) is 5.59. The van der Waals surface area contributed by atoms with E-state index in [0.717, 1.165) is 24.5 Å². The lowest BCUT2D eigenvalue weighted by Crippen LogP contribution is -2.49. The molecule has 10 heteroatoms. The van der Waals surface area contributed by atoms with Crippen molar-refractivity contribution in [1.29, 1.82) is 0 Å². The molecule has 1 aromatic carbocycles. The zero-order valence-corrected chi connectivity index (χ0v) is 18.7. The van der Waals surface area contributed by atoms with Gasteiger partial charge in [-0.3, -0.25) is 9.59 Å². The van der Waals surface area contributed by atoms with Crippen LogP contribution in [0.2, 0.25) is 0 Å². The Morgan fingerprint density at radius 1 is 1.06 bits per heavy atom. The predicted octanol–water partition coefficient (Wildman–Crippen LogP) is 2.93. The van der Waals surface area contributed by atoms with Crippen LogP contribution in [-0.4, -0.2) is 63.8 Å². The Kier molecular flexibility index (Phi) is 6.78. The van der Waals surface area contributed by atoms with Crippen LogP contribution in [0.5, 0.6) is 0 Å². The van der Waals surface area contributed by atoms with Crippen molar-refractivity contribution in [3.63, 3.8) is 0 Å². The second kappa shape index (κ2) is 9.88. The fourth-order valence-electron chi connectivity index (χ4n) is 3.12. The second-order valence-electron chi connectivity index (χ2n) is 7.04. The third-order valence-corrected chi connectivity index (χ3v) is 6.88. The Labute approximate surface area is 188 Å². The van der Waals surface area contributed by atoms with E-state index in [1.807, 2.05) is 54.3 Å². The molecule has 2 aromatic heterocycles. The number of hydrogen-bond acceptors (Lipinski definition) is 8. The molecule has 0 unspecified atom stereocenters. The summed E-state index contributed by atoms with van der Waals surface area (Å²) in [5.41, 5.74) is 1.83. The fourth-order valence-corrected chi connectivity index (χ4v) is 4.77. The summed E-state index contributed by atoms with van der Waals surface area (Å²) in [5, 5.41) is 11.1. The molecule has 1 aliphatic rings. The minimum Gasteiger partial charge on any atom is -0.353 e. The molecule has 1 aliphatic heterocycles. The molecule has 2 amide bonds. The monoisotopic (exact) mass is 454 g/mol. The van der Waals surface area contributed by atoms with Gasteiger partial charge in [0.1, 0.15) is 5.82 Å². The molecule has 0 saturated carbocycles. The molecule has 3 heterocycles. The quantitative estimate of drug-likeness (QED) is 0.573. The van der Waals surface area contributed by atoms with E-state index in [9.17, 15) is 9.59 Å². The van der Waals surface area contributed by atoms with E-state index >= 15 is 0 Å². The Bertz CT molecular complexity index is 1030. The summed E-state index contributed by atoms with van der Waals surface area (Å²) >= 11 is 2.50. The van der Waals surface area contributed by atoms with Crippen molar-refractivity contribution >= 4 is 46.4 Å². The maximum Gasteiger partial charge on any atom is 0.286 e. The summed E-state index contributed by atoms with van der Waals surface area (Å²) < 4.78 is 0.606. The molecule has 0 atom stereocenters. The number of piperazine rings is 1. The normalized spacial score (nSPS) is 13.8. The maximum absolute atomic E-state index is 12.6. The van der Waals surface area contributed by atoms with Crippen molar-refractivity contribution in [2.45, 2.75) is 11.3 Å². The molecule has 0 bridgehead atoms. The Balaban J connectivity index is 1.24. The first-order valence-electron chi connectivity index (χ1n) is 9.86. The zero-order valence-electron chi connectivity index (χ0n) is 17.0. The average molecular weight is 455 g/mol. The van der Waals surface area contributed by atoms with Crippen molar-refractivity contribution in [1.82, 2.24) is 20.1 Å². The molecule has 0 aliphatic carbocycles. The number of aromatic nitrogens is 3. The highest BCUT2D eigenvalue weighted by atomic mass is 32.2. The Morgan fingerprint density at radius 3 is 2.55 bits per heavy atom. The molecule has 1 saturated heterocycles. The van der Waals surface area contributed by atoms with Gasteiger partial charge < -0.3 is 15.1 Å². The van der Waals surface area contributed by atoms with Crippen molar-refractivity contribution < 1.29 is 9.59 Å².